The second kappa shape index (κ2) is 13.4. The molecule has 0 atom stereocenters. The predicted molar refractivity (Wildman–Crippen MR) is 228 cm³/mol. The Balaban J connectivity index is 1.09. The first-order valence-electron chi connectivity index (χ1n) is 20.1. The van der Waals surface area contributed by atoms with Crippen LogP contribution in [0.25, 0.3) is 77.2 Å². The number of para-hydroxylation sites is 2. The Morgan fingerprint density at radius 1 is 0.370 bits per heavy atom. The molecule has 0 spiro atoms. The summed E-state index contributed by atoms with van der Waals surface area (Å²) in [4.78, 5) is 1.95. The summed E-state index contributed by atoms with van der Waals surface area (Å²) in [6, 6.07) is 62.7. The molecule has 1 heterocycles. The van der Waals surface area contributed by atoms with Gasteiger partial charge in [-0.25, -0.2) is 0 Å². The number of furan rings is 1. The molecule has 0 bridgehead atoms. The molecule has 10 rings (SSSR count). The van der Waals surface area contributed by atoms with E-state index >= 15 is 0 Å². The van der Waals surface area contributed by atoms with Gasteiger partial charge in [0.1, 0.15) is 11.2 Å². The van der Waals surface area contributed by atoms with Crippen LogP contribution in [0.15, 0.2) is 217 Å². The van der Waals surface area contributed by atoms with Gasteiger partial charge in [-0.05, 0) is 92.2 Å². The Morgan fingerprint density at radius 2 is 0.889 bits per heavy atom. The zero-order valence-corrected chi connectivity index (χ0v) is 29.3. The summed E-state index contributed by atoms with van der Waals surface area (Å²) in [6.07, 6.45) is 0. The molecule has 0 fully saturated rings. The van der Waals surface area contributed by atoms with Crippen LogP contribution in [0.1, 0.15) is 5.48 Å². The maximum absolute atomic E-state index is 9.35. The van der Waals surface area contributed by atoms with Gasteiger partial charge >= 0.3 is 0 Å². The summed E-state index contributed by atoms with van der Waals surface area (Å²) in [5.41, 5.74) is 11.2. The average Bonchev–Trinajstić information content (AvgIpc) is 3.67. The van der Waals surface area contributed by atoms with Gasteiger partial charge in [0.15, 0.2) is 0 Å². The van der Waals surface area contributed by atoms with Gasteiger partial charge in [0.2, 0.25) is 0 Å². The van der Waals surface area contributed by atoms with Gasteiger partial charge in [-0.15, -0.1) is 0 Å². The van der Waals surface area contributed by atoms with E-state index in [2.05, 4.69) is 103 Å². The standard InChI is InChI=1S/C52H35NO/c1-2-12-39(13-3-1)46-17-6-8-21-49(46)53(43-34-30-41(31-35-43)47-20-11-23-51-52(47)48-18-7-9-22-50(48)54-51)42-32-28-37(29-33-42)36-24-26-40(27-25-36)45-19-10-15-38-14-4-5-16-44(38)45/h1-35H/i6D,8D,17D,21D. The molecule has 2 heteroatoms. The van der Waals surface area contributed by atoms with Gasteiger partial charge in [0.25, 0.3) is 0 Å². The molecule has 9 aromatic carbocycles. The van der Waals surface area contributed by atoms with Gasteiger partial charge in [-0.3, -0.25) is 0 Å². The molecular formula is C52H35NO. The SMILES string of the molecule is [2H]c1c([2H])c([2H])c(N(c2ccc(-c3ccc(-c4cccc5ccccc45)cc3)cc2)c2ccc(-c3cccc4oc5ccccc5c34)cc2)c(-c2ccccc2)c1[2H]. The summed E-state index contributed by atoms with van der Waals surface area (Å²) in [7, 11) is 0. The highest BCUT2D eigenvalue weighted by Gasteiger charge is 2.18. The van der Waals surface area contributed by atoms with Gasteiger partial charge in [-0.1, -0.05) is 170 Å². The number of hydrogen-bond acceptors (Lipinski definition) is 2. The molecule has 0 aliphatic rings. The summed E-state index contributed by atoms with van der Waals surface area (Å²) in [5, 5.41) is 4.53. The lowest BCUT2D eigenvalue weighted by Crippen LogP contribution is -2.11. The van der Waals surface area contributed by atoms with Gasteiger partial charge < -0.3 is 9.32 Å². The van der Waals surface area contributed by atoms with E-state index in [-0.39, 0.29) is 24.2 Å². The summed E-state index contributed by atoms with van der Waals surface area (Å²) >= 11 is 0. The molecule has 0 saturated heterocycles. The van der Waals surface area contributed by atoms with E-state index < -0.39 is 0 Å². The molecular weight excluding hydrogens is 655 g/mol. The highest BCUT2D eigenvalue weighted by atomic mass is 16.3. The van der Waals surface area contributed by atoms with E-state index in [9.17, 15) is 1.37 Å². The Labute approximate surface area is 320 Å². The van der Waals surface area contributed by atoms with Crippen LogP contribution in [0.3, 0.4) is 0 Å². The lowest BCUT2D eigenvalue weighted by atomic mass is 9.96. The molecule has 1 aromatic heterocycles. The smallest absolute Gasteiger partial charge is 0.136 e. The Kier molecular flexibility index (Phi) is 6.84. The van der Waals surface area contributed by atoms with Crippen LogP contribution >= 0.6 is 0 Å². The quantitative estimate of drug-likeness (QED) is 0.165. The van der Waals surface area contributed by atoms with Crippen LogP contribution in [0.5, 0.6) is 0 Å². The van der Waals surface area contributed by atoms with E-state index in [4.69, 9.17) is 8.53 Å². The fourth-order valence-electron chi connectivity index (χ4n) is 7.62. The van der Waals surface area contributed by atoms with Crippen LogP contribution in [0.2, 0.25) is 0 Å². The lowest BCUT2D eigenvalue weighted by molar-refractivity contribution is 0.669. The third kappa shape index (κ3) is 5.62. The van der Waals surface area contributed by atoms with Crippen molar-refractivity contribution in [1.82, 2.24) is 0 Å². The zero-order valence-electron chi connectivity index (χ0n) is 33.3. The molecule has 0 aliphatic carbocycles. The van der Waals surface area contributed by atoms with E-state index in [0.29, 0.717) is 16.8 Å². The van der Waals surface area contributed by atoms with E-state index in [1.54, 1.807) is 0 Å². The largest absolute Gasteiger partial charge is 0.456 e. The van der Waals surface area contributed by atoms with Crippen LogP contribution in [0.4, 0.5) is 17.1 Å². The number of fused-ring (bicyclic) bond motifs is 4. The fourth-order valence-corrected chi connectivity index (χ4v) is 7.62. The van der Waals surface area contributed by atoms with E-state index in [0.717, 1.165) is 61.1 Å². The van der Waals surface area contributed by atoms with Crippen molar-refractivity contribution in [3.63, 3.8) is 0 Å². The summed E-state index contributed by atoms with van der Waals surface area (Å²) in [5.74, 6) is 0. The molecule has 0 aliphatic heterocycles. The highest BCUT2D eigenvalue weighted by Crippen LogP contribution is 2.43. The number of nitrogens with zero attached hydrogens (tertiary/aromatic N) is 1. The molecule has 0 N–H and O–H groups in total. The van der Waals surface area contributed by atoms with Crippen molar-refractivity contribution in [3.8, 4) is 44.5 Å². The molecule has 0 saturated carbocycles. The van der Waals surface area contributed by atoms with Crippen LogP contribution < -0.4 is 4.90 Å². The first kappa shape index (κ1) is 27.5. The number of hydrogen-bond donors (Lipinski definition) is 0. The Morgan fingerprint density at radius 3 is 1.67 bits per heavy atom. The van der Waals surface area contributed by atoms with Crippen LogP contribution in [-0.2, 0) is 0 Å². The maximum atomic E-state index is 9.35. The Hall–Kier alpha value is -7.16. The highest BCUT2D eigenvalue weighted by molar-refractivity contribution is 6.12. The monoisotopic (exact) mass is 693 g/mol. The van der Waals surface area contributed by atoms with Crippen molar-refractivity contribution < 1.29 is 9.90 Å². The molecule has 254 valence electrons. The summed E-state index contributed by atoms with van der Waals surface area (Å²) in [6.45, 7) is 0. The summed E-state index contributed by atoms with van der Waals surface area (Å²) < 4.78 is 42.2. The van der Waals surface area contributed by atoms with Crippen LogP contribution in [0, 0.1) is 0 Å². The fraction of sp³-hybridized carbons (Fsp3) is 0. The average molecular weight is 694 g/mol. The van der Waals surface area contributed by atoms with Gasteiger partial charge in [0, 0.05) is 27.7 Å². The van der Waals surface area contributed by atoms with Crippen molar-refractivity contribution in [3.05, 3.63) is 212 Å². The Bertz CT molecular complexity index is 3130. The topological polar surface area (TPSA) is 16.4 Å². The number of rotatable bonds is 7. The third-order valence-electron chi connectivity index (χ3n) is 10.2. The van der Waals surface area contributed by atoms with Gasteiger partial charge in [-0.2, -0.15) is 0 Å². The van der Waals surface area contributed by atoms with Crippen molar-refractivity contribution in [2.24, 2.45) is 0 Å². The molecule has 0 radical (unpaired) electrons. The van der Waals surface area contributed by atoms with E-state index in [1.165, 1.54) is 16.3 Å². The first-order chi connectivity index (χ1) is 28.4. The molecule has 10 aromatic rings. The van der Waals surface area contributed by atoms with Crippen molar-refractivity contribution in [2.45, 2.75) is 0 Å². The second-order valence-electron chi connectivity index (χ2n) is 13.4. The van der Waals surface area contributed by atoms with Crippen molar-refractivity contribution >= 4 is 49.8 Å². The third-order valence-corrected chi connectivity index (χ3v) is 10.2. The second-order valence-corrected chi connectivity index (χ2v) is 13.4. The molecule has 0 amide bonds. The minimum Gasteiger partial charge on any atom is -0.456 e. The predicted octanol–water partition coefficient (Wildman–Crippen LogP) is 14.9. The van der Waals surface area contributed by atoms with Crippen molar-refractivity contribution in [2.75, 3.05) is 4.90 Å². The lowest BCUT2D eigenvalue weighted by Gasteiger charge is -2.28. The van der Waals surface area contributed by atoms with Gasteiger partial charge in [0.05, 0.1) is 11.2 Å². The number of benzene rings is 9. The minimum atomic E-state index is -0.289. The normalized spacial score (nSPS) is 12.4. The molecule has 54 heavy (non-hydrogen) atoms. The first-order valence-corrected chi connectivity index (χ1v) is 18.1. The van der Waals surface area contributed by atoms with E-state index in [1.807, 2.05) is 89.8 Å². The zero-order chi connectivity index (χ0) is 39.3. The van der Waals surface area contributed by atoms with Crippen LogP contribution in [-0.4, -0.2) is 0 Å². The number of anilines is 3. The van der Waals surface area contributed by atoms with Crippen molar-refractivity contribution in [1.29, 1.82) is 0 Å². The molecule has 2 nitrogen and oxygen atoms in total. The maximum Gasteiger partial charge on any atom is 0.136 e. The molecule has 0 unspecified atom stereocenters. The minimum absolute atomic E-state index is 0.0924.